The van der Waals surface area contributed by atoms with E-state index >= 15 is 0 Å². The molecule has 0 saturated heterocycles. The zero-order chi connectivity index (χ0) is 19.8. The summed E-state index contributed by atoms with van der Waals surface area (Å²) < 4.78 is 7.41. The lowest BCUT2D eigenvalue weighted by atomic mass is 10.1. The van der Waals surface area contributed by atoms with Crippen molar-refractivity contribution < 1.29 is 14.3 Å². The third kappa shape index (κ3) is 3.60. The van der Waals surface area contributed by atoms with Gasteiger partial charge >= 0.3 is 5.97 Å². The van der Waals surface area contributed by atoms with E-state index in [2.05, 4.69) is 10.4 Å². The molecule has 0 bridgehead atoms. The highest BCUT2D eigenvalue weighted by Crippen LogP contribution is 2.40. The standard InChI is InChI=1S/C21H22N4O3/c1-12(2)25-20-18(11-22-25)17(10-19(24-20)14-4-5-14)21(27)28-16-8-6-15(7-9-16)23-13(3)26/h6-12,14H,4-5H2,1-3H3,(H,23,26). The van der Waals surface area contributed by atoms with Gasteiger partial charge in [0, 0.05) is 30.3 Å². The quantitative estimate of drug-likeness (QED) is 0.534. The number of hydrogen-bond donors (Lipinski definition) is 1. The van der Waals surface area contributed by atoms with Gasteiger partial charge in [-0.1, -0.05) is 0 Å². The Balaban J connectivity index is 1.65. The van der Waals surface area contributed by atoms with E-state index in [9.17, 15) is 9.59 Å². The van der Waals surface area contributed by atoms with Crippen molar-refractivity contribution in [2.75, 3.05) is 5.32 Å². The summed E-state index contributed by atoms with van der Waals surface area (Å²) in [5.41, 5.74) is 2.76. The van der Waals surface area contributed by atoms with Crippen molar-refractivity contribution in [3.05, 3.63) is 47.8 Å². The number of nitrogens with one attached hydrogen (secondary N) is 1. The highest BCUT2D eigenvalue weighted by Gasteiger charge is 2.28. The molecule has 0 spiro atoms. The number of rotatable bonds is 5. The molecule has 1 fully saturated rings. The van der Waals surface area contributed by atoms with Crippen molar-refractivity contribution in [3.8, 4) is 5.75 Å². The molecule has 7 heteroatoms. The van der Waals surface area contributed by atoms with Crippen molar-refractivity contribution in [2.24, 2.45) is 0 Å². The van der Waals surface area contributed by atoms with Crippen molar-refractivity contribution in [1.29, 1.82) is 0 Å². The summed E-state index contributed by atoms with van der Waals surface area (Å²) in [7, 11) is 0. The maximum Gasteiger partial charge on any atom is 0.344 e. The number of nitrogens with zero attached hydrogens (tertiary/aromatic N) is 3. The van der Waals surface area contributed by atoms with Crippen LogP contribution < -0.4 is 10.1 Å². The molecule has 4 rings (SSSR count). The van der Waals surface area contributed by atoms with Crippen LogP contribution in [0.5, 0.6) is 5.75 Å². The van der Waals surface area contributed by atoms with Gasteiger partial charge in [-0.3, -0.25) is 4.79 Å². The number of fused-ring (bicyclic) bond motifs is 1. The van der Waals surface area contributed by atoms with Gasteiger partial charge in [0.1, 0.15) is 5.75 Å². The highest BCUT2D eigenvalue weighted by molar-refractivity contribution is 6.03. The minimum Gasteiger partial charge on any atom is -0.423 e. The molecule has 2 heterocycles. The molecule has 0 radical (unpaired) electrons. The second-order valence-electron chi connectivity index (χ2n) is 7.38. The number of benzene rings is 1. The number of ether oxygens (including phenoxy) is 1. The molecule has 1 N–H and O–H groups in total. The Bertz CT molecular complexity index is 1050. The van der Waals surface area contributed by atoms with Gasteiger partial charge in [0.25, 0.3) is 0 Å². The Hall–Kier alpha value is -3.22. The fraction of sp³-hybridized carbons (Fsp3) is 0.333. The monoisotopic (exact) mass is 378 g/mol. The SMILES string of the molecule is CC(=O)Nc1ccc(OC(=O)c2cc(C3CC3)nc3c2cnn3C(C)C)cc1. The Kier molecular flexibility index (Phi) is 4.58. The molecule has 1 aromatic carbocycles. The first-order chi connectivity index (χ1) is 13.4. The van der Waals surface area contributed by atoms with Crippen molar-refractivity contribution in [2.45, 2.75) is 45.6 Å². The molecule has 7 nitrogen and oxygen atoms in total. The number of amides is 1. The largest absolute Gasteiger partial charge is 0.423 e. The lowest BCUT2D eigenvalue weighted by Gasteiger charge is -2.10. The Morgan fingerprint density at radius 2 is 1.93 bits per heavy atom. The Morgan fingerprint density at radius 3 is 2.54 bits per heavy atom. The van der Waals surface area contributed by atoms with E-state index in [0.29, 0.717) is 34.0 Å². The van der Waals surface area contributed by atoms with Crippen LogP contribution in [0.25, 0.3) is 11.0 Å². The van der Waals surface area contributed by atoms with Gasteiger partial charge in [-0.15, -0.1) is 0 Å². The van der Waals surface area contributed by atoms with Gasteiger partial charge < -0.3 is 10.1 Å². The summed E-state index contributed by atoms with van der Waals surface area (Å²) in [6.07, 6.45) is 3.86. The molecule has 28 heavy (non-hydrogen) atoms. The van der Waals surface area contributed by atoms with E-state index in [4.69, 9.17) is 9.72 Å². The van der Waals surface area contributed by atoms with Gasteiger partial charge in [-0.2, -0.15) is 5.10 Å². The van der Waals surface area contributed by atoms with Crippen LogP contribution in [-0.4, -0.2) is 26.6 Å². The van der Waals surface area contributed by atoms with Crippen LogP contribution in [0.2, 0.25) is 0 Å². The minimum absolute atomic E-state index is 0.143. The van der Waals surface area contributed by atoms with Crippen LogP contribution in [-0.2, 0) is 4.79 Å². The first-order valence-electron chi connectivity index (χ1n) is 9.40. The number of aromatic nitrogens is 3. The summed E-state index contributed by atoms with van der Waals surface area (Å²) in [6, 6.07) is 8.67. The lowest BCUT2D eigenvalue weighted by molar-refractivity contribution is -0.114. The second-order valence-corrected chi connectivity index (χ2v) is 7.38. The lowest BCUT2D eigenvalue weighted by Crippen LogP contribution is -2.11. The minimum atomic E-state index is -0.440. The molecule has 1 aliphatic rings. The molecule has 0 unspecified atom stereocenters. The van der Waals surface area contributed by atoms with Crippen molar-refractivity contribution in [1.82, 2.24) is 14.8 Å². The van der Waals surface area contributed by atoms with Gasteiger partial charge in [-0.25, -0.2) is 14.5 Å². The fourth-order valence-corrected chi connectivity index (χ4v) is 3.14. The van der Waals surface area contributed by atoms with E-state index in [1.807, 2.05) is 24.6 Å². The number of anilines is 1. The third-order valence-electron chi connectivity index (χ3n) is 4.68. The molecular formula is C21H22N4O3. The number of carbonyl (C=O) groups is 2. The first-order valence-corrected chi connectivity index (χ1v) is 9.40. The number of carbonyl (C=O) groups excluding carboxylic acids is 2. The van der Waals surface area contributed by atoms with Gasteiger partial charge in [0.2, 0.25) is 5.91 Å². The second kappa shape index (κ2) is 7.07. The van der Waals surface area contributed by atoms with Crippen molar-refractivity contribution >= 4 is 28.6 Å². The molecule has 1 saturated carbocycles. The number of esters is 1. The zero-order valence-corrected chi connectivity index (χ0v) is 16.1. The van der Waals surface area contributed by atoms with Crippen LogP contribution >= 0.6 is 0 Å². The summed E-state index contributed by atoms with van der Waals surface area (Å²) >= 11 is 0. The molecule has 144 valence electrons. The zero-order valence-electron chi connectivity index (χ0n) is 16.1. The van der Waals surface area contributed by atoms with E-state index in [1.165, 1.54) is 6.92 Å². The number of hydrogen-bond acceptors (Lipinski definition) is 5. The average Bonchev–Trinajstić information content (AvgIpc) is 3.41. The maximum absolute atomic E-state index is 12.9. The average molecular weight is 378 g/mol. The normalized spacial score (nSPS) is 13.7. The summed E-state index contributed by atoms with van der Waals surface area (Å²) in [4.78, 5) is 28.8. The highest BCUT2D eigenvalue weighted by atomic mass is 16.5. The third-order valence-corrected chi connectivity index (χ3v) is 4.68. The van der Waals surface area contributed by atoms with E-state index in [1.54, 1.807) is 30.5 Å². The van der Waals surface area contributed by atoms with Crippen LogP contribution in [0.4, 0.5) is 5.69 Å². The first kappa shape index (κ1) is 18.2. The molecule has 0 atom stereocenters. The Morgan fingerprint density at radius 1 is 1.21 bits per heavy atom. The smallest absolute Gasteiger partial charge is 0.344 e. The predicted molar refractivity (Wildman–Crippen MR) is 106 cm³/mol. The van der Waals surface area contributed by atoms with Crippen LogP contribution in [0.3, 0.4) is 0 Å². The van der Waals surface area contributed by atoms with Crippen LogP contribution in [0.1, 0.15) is 61.6 Å². The molecule has 3 aromatic rings. The van der Waals surface area contributed by atoms with E-state index in [-0.39, 0.29) is 11.9 Å². The van der Waals surface area contributed by atoms with Gasteiger partial charge in [0.15, 0.2) is 5.65 Å². The molecule has 2 aromatic heterocycles. The van der Waals surface area contributed by atoms with Crippen molar-refractivity contribution in [3.63, 3.8) is 0 Å². The maximum atomic E-state index is 12.9. The predicted octanol–water partition coefficient (Wildman–Crippen LogP) is 4.07. The van der Waals surface area contributed by atoms with Crippen LogP contribution in [0.15, 0.2) is 36.5 Å². The van der Waals surface area contributed by atoms with Crippen LogP contribution in [0, 0.1) is 0 Å². The number of pyridine rings is 1. The Labute approximate surface area is 162 Å². The molecule has 1 amide bonds. The molecule has 1 aliphatic carbocycles. The topological polar surface area (TPSA) is 86.1 Å². The molecule has 0 aliphatic heterocycles. The summed E-state index contributed by atoms with van der Waals surface area (Å²) in [6.45, 7) is 5.51. The van der Waals surface area contributed by atoms with Gasteiger partial charge in [0.05, 0.1) is 17.1 Å². The van der Waals surface area contributed by atoms with E-state index < -0.39 is 5.97 Å². The summed E-state index contributed by atoms with van der Waals surface area (Å²) in [5, 5.41) is 7.79. The molecular weight excluding hydrogens is 356 g/mol. The fourth-order valence-electron chi connectivity index (χ4n) is 3.14. The summed E-state index contributed by atoms with van der Waals surface area (Å²) in [5.74, 6) is 0.222. The van der Waals surface area contributed by atoms with Gasteiger partial charge in [-0.05, 0) is 57.0 Å². The van der Waals surface area contributed by atoms with E-state index in [0.717, 1.165) is 18.5 Å².